The summed E-state index contributed by atoms with van der Waals surface area (Å²) in [7, 11) is 0. The molecule has 0 saturated carbocycles. The Hall–Kier alpha value is -1.65. The van der Waals surface area contributed by atoms with E-state index in [1.807, 2.05) is 53.2 Å². The highest BCUT2D eigenvalue weighted by Crippen LogP contribution is 2.24. The zero-order chi connectivity index (χ0) is 13.2. The summed E-state index contributed by atoms with van der Waals surface area (Å²) < 4.78 is 3.80. The van der Waals surface area contributed by atoms with Crippen LogP contribution in [0.4, 0.5) is 0 Å². The van der Waals surface area contributed by atoms with Gasteiger partial charge in [-0.2, -0.15) is 0 Å². The number of aromatic nitrogens is 2. The molecule has 0 spiro atoms. The summed E-state index contributed by atoms with van der Waals surface area (Å²) in [6.45, 7) is 0. The molecule has 0 aliphatic carbocycles. The van der Waals surface area contributed by atoms with Crippen molar-refractivity contribution < 1.29 is 0 Å². The lowest BCUT2D eigenvalue weighted by molar-refractivity contribution is 1.04. The molecule has 94 valence electrons. The Morgan fingerprint density at radius 2 is 1.63 bits per heavy atom. The van der Waals surface area contributed by atoms with Crippen LogP contribution in [0.1, 0.15) is 0 Å². The van der Waals surface area contributed by atoms with E-state index in [0.29, 0.717) is 4.77 Å². The third-order valence-electron chi connectivity index (χ3n) is 2.93. The highest BCUT2D eigenvalue weighted by atomic mass is 79.9. The standard InChI is InChI=1S/C15H11BrN2S/c16-12-8-6-11(7-9-12)14-10-17-15(19)18(14)13-4-2-1-3-5-13/h1-10H,(H,17,19). The smallest absolute Gasteiger partial charge is 0.182 e. The molecule has 0 aliphatic heterocycles. The van der Waals surface area contributed by atoms with E-state index in [0.717, 1.165) is 21.4 Å². The average Bonchev–Trinajstić information content (AvgIpc) is 2.82. The first-order valence-corrected chi connectivity index (χ1v) is 7.07. The maximum atomic E-state index is 5.38. The van der Waals surface area contributed by atoms with Crippen molar-refractivity contribution in [2.75, 3.05) is 0 Å². The van der Waals surface area contributed by atoms with E-state index in [4.69, 9.17) is 12.2 Å². The van der Waals surface area contributed by atoms with E-state index in [1.54, 1.807) is 0 Å². The molecule has 0 fully saturated rings. The molecule has 2 nitrogen and oxygen atoms in total. The van der Waals surface area contributed by atoms with E-state index in [9.17, 15) is 0 Å². The molecule has 2 aromatic carbocycles. The summed E-state index contributed by atoms with van der Waals surface area (Å²) in [5.74, 6) is 0. The van der Waals surface area contributed by atoms with Crippen molar-refractivity contribution in [2.24, 2.45) is 0 Å². The number of hydrogen-bond donors (Lipinski definition) is 1. The van der Waals surface area contributed by atoms with E-state index < -0.39 is 0 Å². The van der Waals surface area contributed by atoms with Crippen LogP contribution in [-0.2, 0) is 0 Å². The monoisotopic (exact) mass is 330 g/mol. The number of para-hydroxylation sites is 1. The Labute approximate surface area is 124 Å². The second-order valence-corrected chi connectivity index (χ2v) is 5.46. The number of benzene rings is 2. The number of hydrogen-bond acceptors (Lipinski definition) is 1. The summed E-state index contributed by atoms with van der Waals surface area (Å²) in [6.07, 6.45) is 1.94. The highest BCUT2D eigenvalue weighted by Gasteiger charge is 2.08. The Bertz CT molecular complexity index is 742. The molecular weight excluding hydrogens is 320 g/mol. The van der Waals surface area contributed by atoms with Gasteiger partial charge in [0.05, 0.1) is 5.69 Å². The van der Waals surface area contributed by atoms with Crippen LogP contribution in [0.5, 0.6) is 0 Å². The second-order valence-electron chi connectivity index (χ2n) is 4.16. The minimum Gasteiger partial charge on any atom is -0.336 e. The molecule has 0 saturated heterocycles. The lowest BCUT2D eigenvalue weighted by atomic mass is 10.1. The maximum Gasteiger partial charge on any atom is 0.182 e. The van der Waals surface area contributed by atoms with Crippen molar-refractivity contribution in [3.8, 4) is 16.9 Å². The topological polar surface area (TPSA) is 20.7 Å². The Morgan fingerprint density at radius 3 is 2.32 bits per heavy atom. The van der Waals surface area contributed by atoms with Gasteiger partial charge in [-0.15, -0.1) is 0 Å². The third-order valence-corrected chi connectivity index (χ3v) is 3.76. The predicted molar refractivity (Wildman–Crippen MR) is 84.1 cm³/mol. The van der Waals surface area contributed by atoms with Gasteiger partial charge in [0.2, 0.25) is 0 Å². The van der Waals surface area contributed by atoms with Crippen LogP contribution in [0, 0.1) is 4.77 Å². The Kier molecular flexibility index (Phi) is 3.36. The zero-order valence-corrected chi connectivity index (χ0v) is 12.4. The van der Waals surface area contributed by atoms with Gasteiger partial charge in [0.15, 0.2) is 4.77 Å². The van der Waals surface area contributed by atoms with Gasteiger partial charge < -0.3 is 4.98 Å². The second kappa shape index (κ2) is 5.15. The molecule has 0 atom stereocenters. The van der Waals surface area contributed by atoms with Crippen molar-refractivity contribution in [3.63, 3.8) is 0 Å². The fraction of sp³-hybridized carbons (Fsp3) is 0. The molecule has 1 heterocycles. The number of halogens is 1. The Balaban J connectivity index is 2.19. The van der Waals surface area contributed by atoms with Crippen LogP contribution >= 0.6 is 28.1 Å². The molecule has 0 unspecified atom stereocenters. The summed E-state index contributed by atoms with van der Waals surface area (Å²) in [5.41, 5.74) is 3.25. The Morgan fingerprint density at radius 1 is 0.947 bits per heavy atom. The summed E-state index contributed by atoms with van der Waals surface area (Å²) in [5, 5.41) is 0. The van der Waals surface area contributed by atoms with E-state index in [2.05, 4.69) is 33.0 Å². The molecular formula is C15H11BrN2S. The number of rotatable bonds is 2. The SMILES string of the molecule is S=c1[nH]cc(-c2ccc(Br)cc2)n1-c1ccccc1. The number of nitrogens with one attached hydrogen (secondary N) is 1. The van der Waals surface area contributed by atoms with Gasteiger partial charge in [-0.1, -0.05) is 46.3 Å². The zero-order valence-electron chi connectivity index (χ0n) is 10.0. The van der Waals surface area contributed by atoms with Crippen molar-refractivity contribution in [3.05, 3.63) is 70.0 Å². The first-order chi connectivity index (χ1) is 9.25. The number of aromatic amines is 1. The molecule has 1 N–H and O–H groups in total. The van der Waals surface area contributed by atoms with Gasteiger partial charge in [-0.05, 0) is 36.5 Å². The van der Waals surface area contributed by atoms with Gasteiger partial charge >= 0.3 is 0 Å². The van der Waals surface area contributed by atoms with Crippen LogP contribution in [-0.4, -0.2) is 9.55 Å². The molecule has 0 amide bonds. The minimum absolute atomic E-state index is 0.698. The van der Waals surface area contributed by atoms with Gasteiger partial charge in [-0.3, -0.25) is 4.57 Å². The van der Waals surface area contributed by atoms with Crippen LogP contribution < -0.4 is 0 Å². The van der Waals surface area contributed by atoms with E-state index >= 15 is 0 Å². The van der Waals surface area contributed by atoms with Crippen LogP contribution in [0.3, 0.4) is 0 Å². The third kappa shape index (κ3) is 2.41. The molecule has 4 heteroatoms. The minimum atomic E-state index is 0.698. The molecule has 3 aromatic rings. The maximum absolute atomic E-state index is 5.38. The lowest BCUT2D eigenvalue weighted by Crippen LogP contribution is -1.96. The van der Waals surface area contributed by atoms with Crippen LogP contribution in [0.2, 0.25) is 0 Å². The molecule has 1 aromatic heterocycles. The molecule has 0 aliphatic rings. The summed E-state index contributed by atoms with van der Waals surface area (Å²) >= 11 is 8.83. The molecule has 19 heavy (non-hydrogen) atoms. The first-order valence-electron chi connectivity index (χ1n) is 5.87. The molecule has 0 radical (unpaired) electrons. The van der Waals surface area contributed by atoms with Crippen LogP contribution in [0.15, 0.2) is 65.3 Å². The number of H-pyrrole nitrogens is 1. The van der Waals surface area contributed by atoms with E-state index in [-0.39, 0.29) is 0 Å². The van der Waals surface area contributed by atoms with Gasteiger partial charge in [0, 0.05) is 21.9 Å². The quantitative estimate of drug-likeness (QED) is 0.658. The largest absolute Gasteiger partial charge is 0.336 e. The van der Waals surface area contributed by atoms with Crippen LogP contribution in [0.25, 0.3) is 16.9 Å². The van der Waals surface area contributed by atoms with Gasteiger partial charge in [0.1, 0.15) is 0 Å². The number of imidazole rings is 1. The highest BCUT2D eigenvalue weighted by molar-refractivity contribution is 9.10. The van der Waals surface area contributed by atoms with Crippen molar-refractivity contribution in [2.45, 2.75) is 0 Å². The number of nitrogens with zero attached hydrogens (tertiary/aromatic N) is 1. The van der Waals surface area contributed by atoms with Crippen molar-refractivity contribution in [1.29, 1.82) is 0 Å². The van der Waals surface area contributed by atoms with Crippen molar-refractivity contribution >= 4 is 28.1 Å². The van der Waals surface area contributed by atoms with Crippen molar-refractivity contribution in [1.82, 2.24) is 9.55 Å². The van der Waals surface area contributed by atoms with Gasteiger partial charge in [0.25, 0.3) is 0 Å². The van der Waals surface area contributed by atoms with E-state index in [1.165, 1.54) is 0 Å². The first kappa shape index (κ1) is 12.4. The fourth-order valence-corrected chi connectivity index (χ4v) is 2.56. The van der Waals surface area contributed by atoms with Gasteiger partial charge in [-0.25, -0.2) is 0 Å². The normalized spacial score (nSPS) is 10.6. The predicted octanol–water partition coefficient (Wildman–Crippen LogP) is 4.96. The summed E-state index contributed by atoms with van der Waals surface area (Å²) in [6, 6.07) is 18.3. The lowest BCUT2D eigenvalue weighted by Gasteiger charge is -2.08. The fourth-order valence-electron chi connectivity index (χ4n) is 2.04. The molecule has 0 bridgehead atoms. The molecule has 3 rings (SSSR count). The average molecular weight is 331 g/mol. The summed E-state index contributed by atoms with van der Waals surface area (Å²) in [4.78, 5) is 3.11.